The van der Waals surface area contributed by atoms with E-state index in [9.17, 15) is 32.3 Å². The van der Waals surface area contributed by atoms with Crippen molar-refractivity contribution in [3.05, 3.63) is 101 Å². The maximum Gasteiger partial charge on any atom is 0.416 e. The van der Waals surface area contributed by atoms with Gasteiger partial charge in [0.1, 0.15) is 18.1 Å². The Morgan fingerprint density at radius 2 is 1.54 bits per heavy atom. The maximum absolute atomic E-state index is 14.4. The summed E-state index contributed by atoms with van der Waals surface area (Å²) < 4.78 is 42.3. The molecule has 1 aliphatic carbocycles. The van der Waals surface area contributed by atoms with Gasteiger partial charge in [-0.2, -0.15) is 13.2 Å². The number of nitrogens with zero attached hydrogens (tertiary/aromatic N) is 3. The molecule has 286 valence electrons. The first-order valence-electron chi connectivity index (χ1n) is 19.0. The van der Waals surface area contributed by atoms with Crippen molar-refractivity contribution in [3.63, 3.8) is 0 Å². The zero-order valence-electron chi connectivity index (χ0n) is 30.2. The molecule has 4 aliphatic rings. The van der Waals surface area contributed by atoms with Gasteiger partial charge in [0.05, 0.1) is 18.3 Å². The van der Waals surface area contributed by atoms with Gasteiger partial charge in [0.25, 0.3) is 5.91 Å². The molecule has 2 unspecified atom stereocenters. The van der Waals surface area contributed by atoms with Crippen LogP contribution in [0.4, 0.5) is 18.9 Å². The summed E-state index contributed by atoms with van der Waals surface area (Å²) in [5.41, 5.74) is 0.892. The third kappa shape index (κ3) is 7.96. The fourth-order valence-electron chi connectivity index (χ4n) is 8.64. The Hall–Kier alpha value is -4.91. The molecule has 2 atom stereocenters. The monoisotopic (exact) mass is 744 g/mol. The number of rotatable bonds is 9. The summed E-state index contributed by atoms with van der Waals surface area (Å²) in [5.74, 6) is -1.36. The molecule has 3 aliphatic heterocycles. The number of benzene rings is 3. The van der Waals surface area contributed by atoms with Crippen LogP contribution in [0.2, 0.25) is 0 Å². The predicted molar refractivity (Wildman–Crippen MR) is 197 cm³/mol. The Morgan fingerprint density at radius 1 is 0.870 bits per heavy atom. The van der Waals surface area contributed by atoms with Crippen LogP contribution < -0.4 is 20.9 Å². The van der Waals surface area contributed by atoms with Gasteiger partial charge in [-0.05, 0) is 67.0 Å². The molecule has 0 bridgehead atoms. The van der Waals surface area contributed by atoms with E-state index in [1.807, 2.05) is 59.5 Å². The Morgan fingerprint density at radius 3 is 2.26 bits per heavy atom. The van der Waals surface area contributed by atoms with Gasteiger partial charge >= 0.3 is 6.18 Å². The highest BCUT2D eigenvalue weighted by Gasteiger charge is 2.54. The minimum Gasteiger partial charge on any atom is -0.352 e. The third-order valence-corrected chi connectivity index (χ3v) is 11.5. The normalized spacial score (nSPS) is 20.8. The van der Waals surface area contributed by atoms with Gasteiger partial charge in [-0.15, -0.1) is 0 Å². The van der Waals surface area contributed by atoms with E-state index in [2.05, 4.69) is 16.0 Å². The number of hydrogen-bond acceptors (Lipinski definition) is 6. The lowest BCUT2D eigenvalue weighted by molar-refractivity contribution is -0.142. The molecule has 3 heterocycles. The molecule has 0 radical (unpaired) electrons. The van der Waals surface area contributed by atoms with Crippen LogP contribution in [0.15, 0.2) is 78.9 Å². The molecule has 3 aromatic rings. The van der Waals surface area contributed by atoms with Gasteiger partial charge in [0.15, 0.2) is 0 Å². The number of para-hydroxylation sites is 1. The van der Waals surface area contributed by atoms with Crippen LogP contribution >= 0.6 is 0 Å². The lowest BCUT2D eigenvalue weighted by atomic mass is 9.85. The third-order valence-electron chi connectivity index (χ3n) is 11.5. The topological polar surface area (TPSA) is 114 Å². The summed E-state index contributed by atoms with van der Waals surface area (Å²) in [4.78, 5) is 60.7. The van der Waals surface area contributed by atoms with Gasteiger partial charge in [-0.3, -0.25) is 19.2 Å². The number of piperidine rings is 1. The van der Waals surface area contributed by atoms with E-state index in [0.717, 1.165) is 55.0 Å². The first kappa shape index (κ1) is 37.4. The predicted octanol–water partition coefficient (Wildman–Crippen LogP) is 4.56. The molecule has 3 N–H and O–H groups in total. The second-order valence-corrected chi connectivity index (χ2v) is 15.0. The number of anilines is 1. The summed E-state index contributed by atoms with van der Waals surface area (Å²) in [6.45, 7) is 0.856. The molecule has 1 saturated carbocycles. The number of carbonyl (C=O) groups is 4. The van der Waals surface area contributed by atoms with Crippen molar-refractivity contribution in [1.82, 2.24) is 25.8 Å². The van der Waals surface area contributed by atoms with Gasteiger partial charge in [0.2, 0.25) is 17.7 Å². The van der Waals surface area contributed by atoms with Crippen molar-refractivity contribution in [2.24, 2.45) is 0 Å². The highest BCUT2D eigenvalue weighted by atomic mass is 19.4. The van der Waals surface area contributed by atoms with Crippen LogP contribution in [-0.4, -0.2) is 83.4 Å². The van der Waals surface area contributed by atoms with Crippen LogP contribution in [0.1, 0.15) is 67.2 Å². The van der Waals surface area contributed by atoms with Crippen molar-refractivity contribution in [2.75, 3.05) is 31.2 Å². The Labute approximate surface area is 313 Å². The van der Waals surface area contributed by atoms with E-state index in [-0.39, 0.29) is 69.0 Å². The molecule has 7 rings (SSSR count). The first-order valence-corrected chi connectivity index (χ1v) is 19.0. The van der Waals surface area contributed by atoms with E-state index in [1.165, 1.54) is 18.2 Å². The summed E-state index contributed by atoms with van der Waals surface area (Å²) in [6, 6.07) is 20.5. The highest BCUT2D eigenvalue weighted by Crippen LogP contribution is 2.40. The number of halogens is 3. The molecule has 1 spiro atoms. The number of hydrogen-bond donors (Lipinski definition) is 3. The van der Waals surface area contributed by atoms with Crippen LogP contribution in [-0.2, 0) is 44.7 Å². The van der Waals surface area contributed by atoms with Crippen molar-refractivity contribution < 1.29 is 32.3 Å². The second kappa shape index (κ2) is 15.8. The standard InChI is InChI=1S/C41H47F3N6O4/c42-41(43,44)33-18-10-9-12-29(33)24-35(47-37(52)34-23-28-11-7-8-13-30(28)25-45-34)38(53)48-21-19-40(20-22-48)39(54)49(27-50(40)32-16-5-2-6-17-32)26-36(51)46-31-14-3-1-4-15-31/h2,5-13,16-18,31,34-35,45H,1,3-4,14-15,19-27H2,(H,46,51)(H,47,52). The lowest BCUT2D eigenvalue weighted by Gasteiger charge is -2.44. The molecule has 10 nitrogen and oxygen atoms in total. The zero-order chi connectivity index (χ0) is 37.9. The van der Waals surface area contributed by atoms with Crippen LogP contribution in [0.3, 0.4) is 0 Å². The number of likely N-dealkylation sites (tertiary alicyclic amines) is 1. The van der Waals surface area contributed by atoms with Crippen molar-refractivity contribution in [2.45, 2.75) is 94.2 Å². The Bertz CT molecular complexity index is 1840. The number of nitrogens with one attached hydrogen (secondary N) is 3. The van der Waals surface area contributed by atoms with Crippen molar-refractivity contribution in [1.29, 1.82) is 0 Å². The minimum atomic E-state index is -4.65. The first-order chi connectivity index (χ1) is 26.0. The van der Waals surface area contributed by atoms with E-state index in [1.54, 1.807) is 9.80 Å². The fourth-order valence-corrected chi connectivity index (χ4v) is 8.64. The summed E-state index contributed by atoms with van der Waals surface area (Å²) >= 11 is 0. The lowest BCUT2D eigenvalue weighted by Crippen LogP contribution is -2.61. The SMILES string of the molecule is O=C(CN1CN(c2ccccc2)C2(CCN(C(=O)C(Cc3ccccc3C(F)(F)F)NC(=O)C3Cc4ccccc4CN3)CC2)C1=O)NC1CCCCC1. The molecular formula is C41H47F3N6O4. The molecular weight excluding hydrogens is 697 g/mol. The molecule has 54 heavy (non-hydrogen) atoms. The largest absolute Gasteiger partial charge is 0.416 e. The van der Waals surface area contributed by atoms with Crippen LogP contribution in [0.5, 0.6) is 0 Å². The van der Waals surface area contributed by atoms with Gasteiger partial charge in [-0.25, -0.2) is 0 Å². The Kier molecular flexibility index (Phi) is 11.0. The average molecular weight is 745 g/mol. The minimum absolute atomic E-state index is 0.0739. The molecule has 3 aromatic carbocycles. The fraction of sp³-hybridized carbons (Fsp3) is 0.463. The number of amides is 4. The highest BCUT2D eigenvalue weighted by molar-refractivity contribution is 5.97. The van der Waals surface area contributed by atoms with Crippen LogP contribution in [0.25, 0.3) is 0 Å². The second-order valence-electron chi connectivity index (χ2n) is 15.0. The zero-order valence-corrected chi connectivity index (χ0v) is 30.2. The molecule has 0 aromatic heterocycles. The number of alkyl halides is 3. The quantitative estimate of drug-likeness (QED) is 0.296. The molecule has 3 fully saturated rings. The van der Waals surface area contributed by atoms with Gasteiger partial charge in [-0.1, -0.05) is 79.9 Å². The molecule has 2 saturated heterocycles. The summed E-state index contributed by atoms with van der Waals surface area (Å²) in [7, 11) is 0. The maximum atomic E-state index is 14.4. The number of fused-ring (bicyclic) bond motifs is 1. The Balaban J connectivity index is 1.09. The molecule has 4 amide bonds. The summed E-state index contributed by atoms with van der Waals surface area (Å²) in [6.07, 6.45) is 1.01. The van der Waals surface area contributed by atoms with Crippen LogP contribution in [0, 0.1) is 0 Å². The van der Waals surface area contributed by atoms with Crippen molar-refractivity contribution in [3.8, 4) is 0 Å². The molecule has 13 heteroatoms. The van der Waals surface area contributed by atoms with Gasteiger partial charge in [0, 0.05) is 37.8 Å². The van der Waals surface area contributed by atoms with Crippen molar-refractivity contribution >= 4 is 29.3 Å². The average Bonchev–Trinajstić information content (AvgIpc) is 3.43. The van der Waals surface area contributed by atoms with E-state index >= 15 is 0 Å². The summed E-state index contributed by atoms with van der Waals surface area (Å²) in [5, 5.41) is 9.13. The van der Waals surface area contributed by atoms with E-state index in [0.29, 0.717) is 13.0 Å². The van der Waals surface area contributed by atoms with E-state index < -0.39 is 41.2 Å². The smallest absolute Gasteiger partial charge is 0.352 e. The van der Waals surface area contributed by atoms with Gasteiger partial charge < -0.3 is 30.7 Å². The van der Waals surface area contributed by atoms with E-state index in [4.69, 9.17) is 0 Å². The number of carbonyl (C=O) groups excluding carboxylic acids is 4.